The van der Waals surface area contributed by atoms with Crippen LogP contribution in [0.1, 0.15) is 46.9 Å². The number of nitrogens with one attached hydrogen (secondary N) is 1. The molecule has 0 aliphatic carbocycles. The maximum absolute atomic E-state index is 12.5. The molecule has 0 radical (unpaired) electrons. The summed E-state index contributed by atoms with van der Waals surface area (Å²) < 4.78 is 22.6. The third-order valence-corrected chi connectivity index (χ3v) is 4.81. The van der Waals surface area contributed by atoms with Crippen LogP contribution in [-0.2, 0) is 13.2 Å². The second-order valence-electron chi connectivity index (χ2n) is 7.13. The highest BCUT2D eigenvalue weighted by Gasteiger charge is 2.13. The molecular formula is C25H29NO5. The predicted octanol–water partition coefficient (Wildman–Crippen LogP) is 5.20. The van der Waals surface area contributed by atoms with Crippen LogP contribution in [0, 0.1) is 13.8 Å². The molecule has 0 atom stereocenters. The smallest absolute Gasteiger partial charge is 0.287 e. The van der Waals surface area contributed by atoms with E-state index in [2.05, 4.69) is 12.2 Å². The van der Waals surface area contributed by atoms with E-state index in [1.54, 1.807) is 12.1 Å². The second kappa shape index (κ2) is 10.6. The Bertz CT molecular complexity index is 1020. The van der Waals surface area contributed by atoms with E-state index in [0.29, 0.717) is 37.0 Å². The Hall–Kier alpha value is -3.41. The van der Waals surface area contributed by atoms with Crippen LogP contribution < -0.4 is 19.5 Å². The van der Waals surface area contributed by atoms with Gasteiger partial charge in [-0.2, -0.15) is 0 Å². The average molecular weight is 424 g/mol. The summed E-state index contributed by atoms with van der Waals surface area (Å²) in [4.78, 5) is 12.5. The molecule has 3 aromatic rings. The molecule has 164 valence electrons. The molecule has 1 amide bonds. The highest BCUT2D eigenvalue weighted by Crippen LogP contribution is 2.28. The fourth-order valence-electron chi connectivity index (χ4n) is 3.01. The Morgan fingerprint density at radius 1 is 0.871 bits per heavy atom. The number of hydrogen-bond donors (Lipinski definition) is 1. The van der Waals surface area contributed by atoms with Crippen LogP contribution in [0.5, 0.6) is 17.2 Å². The summed E-state index contributed by atoms with van der Waals surface area (Å²) in [7, 11) is 0. The van der Waals surface area contributed by atoms with Crippen LogP contribution >= 0.6 is 0 Å². The molecule has 1 aromatic heterocycles. The first-order chi connectivity index (χ1) is 15.0. The summed E-state index contributed by atoms with van der Waals surface area (Å²) in [5.41, 5.74) is 3.29. The van der Waals surface area contributed by atoms with Crippen LogP contribution in [-0.4, -0.2) is 19.1 Å². The quantitative estimate of drug-likeness (QED) is 0.485. The number of ether oxygens (including phenoxy) is 3. The second-order valence-corrected chi connectivity index (χ2v) is 7.13. The Kier molecular flexibility index (Phi) is 7.60. The summed E-state index contributed by atoms with van der Waals surface area (Å²) in [6.45, 7) is 9.64. The van der Waals surface area contributed by atoms with Crippen LogP contribution in [0.15, 0.2) is 52.9 Å². The Morgan fingerprint density at radius 3 is 2.39 bits per heavy atom. The van der Waals surface area contributed by atoms with Gasteiger partial charge in [-0.3, -0.25) is 4.79 Å². The van der Waals surface area contributed by atoms with Gasteiger partial charge < -0.3 is 23.9 Å². The topological polar surface area (TPSA) is 69.9 Å². The molecule has 0 fully saturated rings. The van der Waals surface area contributed by atoms with Gasteiger partial charge in [-0.25, -0.2) is 0 Å². The van der Waals surface area contributed by atoms with E-state index < -0.39 is 0 Å². The number of hydrogen-bond acceptors (Lipinski definition) is 5. The predicted molar refractivity (Wildman–Crippen MR) is 119 cm³/mol. The molecule has 1 heterocycles. The lowest BCUT2D eigenvalue weighted by Crippen LogP contribution is -2.22. The van der Waals surface area contributed by atoms with Crippen LogP contribution in [0.3, 0.4) is 0 Å². The van der Waals surface area contributed by atoms with Gasteiger partial charge >= 0.3 is 0 Å². The molecule has 0 aliphatic heterocycles. The maximum Gasteiger partial charge on any atom is 0.287 e. The molecule has 0 spiro atoms. The van der Waals surface area contributed by atoms with Crippen molar-refractivity contribution in [3.8, 4) is 17.2 Å². The van der Waals surface area contributed by atoms with Gasteiger partial charge in [0.2, 0.25) is 0 Å². The molecule has 0 saturated carbocycles. The fourth-order valence-corrected chi connectivity index (χ4v) is 3.01. The van der Waals surface area contributed by atoms with Crippen molar-refractivity contribution < 1.29 is 23.4 Å². The van der Waals surface area contributed by atoms with Crippen LogP contribution in [0.2, 0.25) is 0 Å². The standard InChI is InChI=1S/C25H29NO5/c1-5-28-22-11-8-19(14-24(22)29-6-2)15-26-25(27)23-12-10-21(31-23)16-30-20-9-7-17(3)18(4)13-20/h7-14H,5-6,15-16H2,1-4H3,(H,26,27). The lowest BCUT2D eigenvalue weighted by atomic mass is 10.1. The van der Waals surface area contributed by atoms with E-state index in [-0.39, 0.29) is 18.3 Å². The molecule has 6 nitrogen and oxygen atoms in total. The van der Waals surface area contributed by atoms with E-state index in [9.17, 15) is 4.79 Å². The molecule has 6 heteroatoms. The van der Waals surface area contributed by atoms with Crippen molar-refractivity contribution in [1.29, 1.82) is 0 Å². The van der Waals surface area contributed by atoms with Crippen molar-refractivity contribution >= 4 is 5.91 Å². The minimum absolute atomic E-state index is 0.245. The van der Waals surface area contributed by atoms with E-state index in [1.807, 2.05) is 57.2 Å². The van der Waals surface area contributed by atoms with Crippen molar-refractivity contribution in [2.24, 2.45) is 0 Å². The fraction of sp³-hybridized carbons (Fsp3) is 0.320. The third kappa shape index (κ3) is 6.04. The van der Waals surface area contributed by atoms with Gasteiger partial charge in [-0.15, -0.1) is 0 Å². The van der Waals surface area contributed by atoms with Gasteiger partial charge in [0.25, 0.3) is 5.91 Å². The zero-order valence-corrected chi connectivity index (χ0v) is 18.5. The zero-order valence-electron chi connectivity index (χ0n) is 18.5. The summed E-state index contributed by atoms with van der Waals surface area (Å²) in [6, 6.07) is 15.0. The highest BCUT2D eigenvalue weighted by atomic mass is 16.5. The van der Waals surface area contributed by atoms with Crippen LogP contribution in [0.25, 0.3) is 0 Å². The third-order valence-electron chi connectivity index (χ3n) is 4.81. The summed E-state index contributed by atoms with van der Waals surface area (Å²) >= 11 is 0. The van der Waals surface area contributed by atoms with Crippen molar-refractivity contribution in [2.75, 3.05) is 13.2 Å². The van der Waals surface area contributed by atoms with Crippen molar-refractivity contribution in [1.82, 2.24) is 5.32 Å². The van der Waals surface area contributed by atoms with E-state index in [0.717, 1.165) is 11.3 Å². The SMILES string of the molecule is CCOc1ccc(CNC(=O)c2ccc(COc3ccc(C)c(C)c3)o2)cc1OCC. The number of benzene rings is 2. The van der Waals surface area contributed by atoms with E-state index >= 15 is 0 Å². The van der Waals surface area contributed by atoms with Crippen LogP contribution in [0.4, 0.5) is 0 Å². The summed E-state index contributed by atoms with van der Waals surface area (Å²) in [6.07, 6.45) is 0. The van der Waals surface area contributed by atoms with Gasteiger partial charge in [-0.05, 0) is 80.8 Å². The molecule has 0 aliphatic rings. The number of amides is 1. The van der Waals surface area contributed by atoms with Crippen molar-refractivity contribution in [3.63, 3.8) is 0 Å². The molecule has 3 rings (SSSR count). The van der Waals surface area contributed by atoms with Crippen molar-refractivity contribution in [3.05, 3.63) is 76.7 Å². The minimum atomic E-state index is -0.288. The highest BCUT2D eigenvalue weighted by molar-refractivity contribution is 5.91. The van der Waals surface area contributed by atoms with Gasteiger partial charge in [0.05, 0.1) is 13.2 Å². The molecular weight excluding hydrogens is 394 g/mol. The summed E-state index contributed by atoms with van der Waals surface area (Å²) in [5.74, 6) is 2.67. The Balaban J connectivity index is 1.56. The molecule has 0 bridgehead atoms. The Labute approximate surface area is 183 Å². The number of furan rings is 1. The van der Waals surface area contributed by atoms with Gasteiger partial charge in [-0.1, -0.05) is 12.1 Å². The molecule has 0 unspecified atom stereocenters. The zero-order chi connectivity index (χ0) is 22.2. The summed E-state index contributed by atoms with van der Waals surface area (Å²) in [5, 5.41) is 2.87. The first-order valence-corrected chi connectivity index (χ1v) is 10.5. The molecule has 1 N–H and O–H groups in total. The minimum Gasteiger partial charge on any atom is -0.490 e. The van der Waals surface area contributed by atoms with Gasteiger partial charge in [0, 0.05) is 6.54 Å². The Morgan fingerprint density at radius 2 is 1.65 bits per heavy atom. The number of rotatable bonds is 10. The van der Waals surface area contributed by atoms with Crippen molar-refractivity contribution in [2.45, 2.75) is 40.8 Å². The average Bonchev–Trinajstić information content (AvgIpc) is 3.24. The number of aryl methyl sites for hydroxylation is 2. The molecule has 2 aromatic carbocycles. The largest absolute Gasteiger partial charge is 0.490 e. The molecule has 0 saturated heterocycles. The molecule has 31 heavy (non-hydrogen) atoms. The number of carbonyl (C=O) groups excluding carboxylic acids is 1. The van der Waals surface area contributed by atoms with E-state index in [1.165, 1.54) is 11.1 Å². The van der Waals surface area contributed by atoms with E-state index in [4.69, 9.17) is 18.6 Å². The maximum atomic E-state index is 12.5. The van der Waals surface area contributed by atoms with Gasteiger partial charge in [0.15, 0.2) is 17.3 Å². The number of carbonyl (C=O) groups is 1. The first-order valence-electron chi connectivity index (χ1n) is 10.5. The van der Waals surface area contributed by atoms with Gasteiger partial charge in [0.1, 0.15) is 18.1 Å². The first kappa shape index (κ1) is 22.3. The lowest BCUT2D eigenvalue weighted by molar-refractivity contribution is 0.0919. The lowest BCUT2D eigenvalue weighted by Gasteiger charge is -2.12. The monoisotopic (exact) mass is 423 g/mol. The normalized spacial score (nSPS) is 10.6.